The first-order valence-corrected chi connectivity index (χ1v) is 16.2. The Morgan fingerprint density at radius 2 is 0.974 bits per heavy atom. The highest BCUT2D eigenvalue weighted by Crippen LogP contribution is 2.50. The van der Waals surface area contributed by atoms with E-state index < -0.39 is 61.5 Å². The number of hydrogen-bond acceptors (Lipinski definition) is 0. The Balaban J connectivity index is 1.16. The molecule has 4 unspecified atom stereocenters. The first-order valence-electron chi connectivity index (χ1n) is 16.2. The van der Waals surface area contributed by atoms with Crippen molar-refractivity contribution in [2.75, 3.05) is 0 Å². The lowest BCUT2D eigenvalue weighted by Crippen LogP contribution is -2.49. The van der Waals surface area contributed by atoms with Gasteiger partial charge in [0.05, 0.1) is 0 Å². The maximum Gasteiger partial charge on any atom is 0.397 e. The molecule has 0 aromatic heterocycles. The fourth-order valence-electron chi connectivity index (χ4n) is 9.07. The van der Waals surface area contributed by atoms with Crippen molar-refractivity contribution >= 4 is 0 Å². The SMILES string of the molecule is CCCCCC1CCC(C2CCC(CCC3CC(F)C(C4CC(F)C(C(F)(F)F)C(F)C4)C(F)C3)CC2)CC1. The van der Waals surface area contributed by atoms with Crippen LogP contribution in [-0.2, 0) is 0 Å². The maximum atomic E-state index is 15.1. The van der Waals surface area contributed by atoms with Crippen LogP contribution >= 0.6 is 0 Å². The molecule has 4 rings (SSSR count). The predicted octanol–water partition coefficient (Wildman–Crippen LogP) is 10.9. The zero-order chi connectivity index (χ0) is 28.2. The molecule has 0 amide bonds. The van der Waals surface area contributed by atoms with E-state index in [1.165, 1.54) is 77.0 Å². The van der Waals surface area contributed by atoms with E-state index in [2.05, 4.69) is 6.92 Å². The van der Waals surface area contributed by atoms with E-state index in [0.717, 1.165) is 30.6 Å². The van der Waals surface area contributed by atoms with Gasteiger partial charge in [0.2, 0.25) is 0 Å². The van der Waals surface area contributed by atoms with Gasteiger partial charge in [-0.2, -0.15) is 13.2 Å². The maximum absolute atomic E-state index is 15.1. The molecule has 7 heteroatoms. The predicted molar refractivity (Wildman–Crippen MR) is 142 cm³/mol. The molecule has 4 fully saturated rings. The summed E-state index contributed by atoms with van der Waals surface area (Å²) in [6.45, 7) is 2.26. The van der Waals surface area contributed by atoms with Crippen LogP contribution < -0.4 is 0 Å². The normalized spacial score (nSPS) is 44.3. The van der Waals surface area contributed by atoms with Gasteiger partial charge in [-0.25, -0.2) is 17.6 Å². The zero-order valence-corrected chi connectivity index (χ0v) is 23.8. The quantitative estimate of drug-likeness (QED) is 0.192. The van der Waals surface area contributed by atoms with Crippen LogP contribution in [0.2, 0.25) is 0 Å². The minimum Gasteiger partial charge on any atom is -0.247 e. The summed E-state index contributed by atoms with van der Waals surface area (Å²) in [4.78, 5) is 0. The zero-order valence-electron chi connectivity index (χ0n) is 23.8. The van der Waals surface area contributed by atoms with E-state index in [-0.39, 0.29) is 18.8 Å². The molecule has 0 aliphatic heterocycles. The van der Waals surface area contributed by atoms with Crippen molar-refractivity contribution in [1.29, 1.82) is 0 Å². The molecule has 228 valence electrons. The first-order chi connectivity index (χ1) is 18.6. The third kappa shape index (κ3) is 8.30. The molecular formula is C32H51F7. The van der Waals surface area contributed by atoms with E-state index in [4.69, 9.17) is 0 Å². The average molecular weight is 569 g/mol. The van der Waals surface area contributed by atoms with Crippen molar-refractivity contribution in [2.45, 2.75) is 153 Å². The summed E-state index contributed by atoms with van der Waals surface area (Å²) in [5.74, 6) is -1.72. The van der Waals surface area contributed by atoms with E-state index in [9.17, 15) is 22.0 Å². The monoisotopic (exact) mass is 568 g/mol. The summed E-state index contributed by atoms with van der Waals surface area (Å²) in [6, 6.07) is 0. The van der Waals surface area contributed by atoms with Crippen LogP contribution in [0.15, 0.2) is 0 Å². The summed E-state index contributed by atoms with van der Waals surface area (Å²) in [7, 11) is 0. The molecule has 4 saturated carbocycles. The number of halogens is 7. The summed E-state index contributed by atoms with van der Waals surface area (Å²) in [6.07, 6.45) is 3.85. The fraction of sp³-hybridized carbons (Fsp3) is 1.00. The molecule has 0 heterocycles. The summed E-state index contributed by atoms with van der Waals surface area (Å²) < 4.78 is 97.9. The Labute approximate surface area is 231 Å². The van der Waals surface area contributed by atoms with Gasteiger partial charge >= 0.3 is 6.18 Å². The average Bonchev–Trinajstić information content (AvgIpc) is 2.87. The van der Waals surface area contributed by atoms with Crippen LogP contribution in [0.3, 0.4) is 0 Å². The Hall–Kier alpha value is -0.490. The van der Waals surface area contributed by atoms with Crippen molar-refractivity contribution < 1.29 is 30.7 Å². The smallest absolute Gasteiger partial charge is 0.247 e. The Bertz CT molecular complexity index is 686. The lowest BCUT2D eigenvalue weighted by atomic mass is 9.65. The first kappa shape index (κ1) is 31.4. The fourth-order valence-corrected chi connectivity index (χ4v) is 9.07. The lowest BCUT2D eigenvalue weighted by molar-refractivity contribution is -0.222. The van der Waals surface area contributed by atoms with E-state index in [1.54, 1.807) is 0 Å². The summed E-state index contributed by atoms with van der Waals surface area (Å²) in [5, 5.41) is 0. The molecule has 4 aliphatic carbocycles. The molecule has 0 radical (unpaired) electrons. The number of unbranched alkanes of at least 4 members (excludes halogenated alkanes) is 2. The van der Waals surface area contributed by atoms with Crippen LogP contribution in [0.5, 0.6) is 0 Å². The topological polar surface area (TPSA) is 0 Å². The Kier molecular flexibility index (Phi) is 11.4. The van der Waals surface area contributed by atoms with E-state index in [0.29, 0.717) is 5.92 Å². The van der Waals surface area contributed by atoms with Gasteiger partial charge in [0.1, 0.15) is 30.6 Å². The van der Waals surface area contributed by atoms with Crippen LogP contribution in [0.1, 0.15) is 122 Å². The van der Waals surface area contributed by atoms with Gasteiger partial charge in [0.15, 0.2) is 0 Å². The molecule has 0 saturated heterocycles. The van der Waals surface area contributed by atoms with Gasteiger partial charge in [0, 0.05) is 5.92 Å². The van der Waals surface area contributed by atoms with E-state index >= 15 is 8.78 Å². The molecule has 4 atom stereocenters. The number of hydrogen-bond donors (Lipinski definition) is 0. The molecule has 0 spiro atoms. The molecule has 4 aliphatic rings. The molecule has 0 aromatic rings. The van der Waals surface area contributed by atoms with Crippen LogP contribution in [-0.4, -0.2) is 30.9 Å². The molecular weight excluding hydrogens is 517 g/mol. The minimum atomic E-state index is -4.97. The van der Waals surface area contributed by atoms with Gasteiger partial charge in [-0.05, 0) is 93.3 Å². The van der Waals surface area contributed by atoms with Gasteiger partial charge < -0.3 is 0 Å². The van der Waals surface area contributed by atoms with Crippen LogP contribution in [0.25, 0.3) is 0 Å². The van der Waals surface area contributed by atoms with Crippen molar-refractivity contribution in [3.8, 4) is 0 Å². The minimum absolute atomic E-state index is 0.0965. The molecule has 0 N–H and O–H groups in total. The second kappa shape index (κ2) is 14.1. The highest BCUT2D eigenvalue weighted by atomic mass is 19.4. The Morgan fingerprint density at radius 3 is 1.44 bits per heavy atom. The number of rotatable bonds is 9. The van der Waals surface area contributed by atoms with Crippen LogP contribution in [0, 0.1) is 47.3 Å². The van der Waals surface area contributed by atoms with Gasteiger partial charge in [-0.1, -0.05) is 64.7 Å². The van der Waals surface area contributed by atoms with Crippen molar-refractivity contribution in [3.05, 3.63) is 0 Å². The summed E-state index contributed by atoms with van der Waals surface area (Å²) in [5.41, 5.74) is 0. The molecule has 0 aromatic carbocycles. The standard InChI is InChI=1S/C32H51F7/c1-2-3-4-5-20-8-12-23(13-9-20)24-14-10-21(11-15-24)6-7-22-16-26(33)30(27(34)17-22)25-18-28(35)31(29(36)19-25)32(37,38)39/h20-31H,2-19H2,1H3. The third-order valence-corrected chi connectivity index (χ3v) is 11.4. The second-order valence-corrected chi connectivity index (χ2v) is 13.9. The second-order valence-electron chi connectivity index (χ2n) is 13.9. The van der Waals surface area contributed by atoms with Crippen molar-refractivity contribution in [2.24, 2.45) is 47.3 Å². The lowest BCUT2D eigenvalue weighted by Gasteiger charge is -2.44. The van der Waals surface area contributed by atoms with Crippen LogP contribution in [0.4, 0.5) is 30.7 Å². The molecule has 0 nitrogen and oxygen atoms in total. The molecule has 0 bridgehead atoms. The molecule has 39 heavy (non-hydrogen) atoms. The summed E-state index contributed by atoms with van der Waals surface area (Å²) >= 11 is 0. The highest BCUT2D eigenvalue weighted by molar-refractivity contribution is 4.98. The number of alkyl halides is 7. The highest BCUT2D eigenvalue weighted by Gasteiger charge is 2.56. The third-order valence-electron chi connectivity index (χ3n) is 11.4. The Morgan fingerprint density at radius 1 is 0.513 bits per heavy atom. The van der Waals surface area contributed by atoms with Gasteiger partial charge in [0.25, 0.3) is 0 Å². The van der Waals surface area contributed by atoms with Crippen molar-refractivity contribution in [3.63, 3.8) is 0 Å². The largest absolute Gasteiger partial charge is 0.397 e. The van der Waals surface area contributed by atoms with Gasteiger partial charge in [-0.15, -0.1) is 0 Å². The van der Waals surface area contributed by atoms with E-state index in [1.807, 2.05) is 0 Å². The van der Waals surface area contributed by atoms with Gasteiger partial charge in [-0.3, -0.25) is 0 Å². The van der Waals surface area contributed by atoms with Crippen molar-refractivity contribution in [1.82, 2.24) is 0 Å².